The van der Waals surface area contributed by atoms with Gasteiger partial charge in [0.2, 0.25) is 11.8 Å². The number of oxazole rings is 2. The Hall–Kier alpha value is -4.50. The number of fused-ring (bicyclic) bond motifs is 2. The lowest BCUT2D eigenvalue weighted by Crippen LogP contribution is -1.92. The Morgan fingerprint density at radius 1 is 0.690 bits per heavy atom. The Morgan fingerprint density at radius 3 is 1.88 bits per heavy atom. The number of hydrogen-bond donors (Lipinski definition) is 2. The molecule has 0 bridgehead atoms. The van der Waals surface area contributed by atoms with Crippen molar-refractivity contribution in [3.05, 3.63) is 82.8 Å². The number of methoxy groups -OCH3 is 2. The van der Waals surface area contributed by atoms with E-state index in [0.717, 1.165) is 56.6 Å². The van der Waals surface area contributed by atoms with Crippen molar-refractivity contribution in [3.63, 3.8) is 0 Å². The summed E-state index contributed by atoms with van der Waals surface area (Å²) in [6, 6.07) is 21.5. The van der Waals surface area contributed by atoms with Crippen molar-refractivity contribution in [3.8, 4) is 45.9 Å². The van der Waals surface area contributed by atoms with E-state index in [0.29, 0.717) is 28.8 Å². The summed E-state index contributed by atoms with van der Waals surface area (Å²) in [7, 11) is 3.26. The van der Waals surface area contributed by atoms with Crippen LogP contribution in [-0.4, -0.2) is 34.4 Å². The second kappa shape index (κ2) is 11.8. The molecule has 0 atom stereocenters. The molecule has 0 aliphatic heterocycles. The number of nitrogens with zero attached hydrogens (tertiary/aromatic N) is 2. The first-order valence-corrected chi connectivity index (χ1v) is 14.4. The van der Waals surface area contributed by atoms with Crippen LogP contribution in [0, 0.1) is 0 Å². The number of phenols is 2. The molecule has 0 spiro atoms. The molecular formula is C33H29BrN2O6. The zero-order valence-electron chi connectivity index (χ0n) is 23.1. The Balaban J connectivity index is 0.000000151. The molecule has 6 aromatic rings. The lowest BCUT2D eigenvalue weighted by molar-refractivity contribution is 0.414. The van der Waals surface area contributed by atoms with Crippen molar-refractivity contribution >= 4 is 38.1 Å². The van der Waals surface area contributed by atoms with E-state index in [-0.39, 0.29) is 11.5 Å². The number of rotatable bonds is 5. The number of ether oxygens (including phenoxy) is 2. The fourth-order valence-electron chi connectivity index (χ4n) is 5.25. The molecule has 0 amide bonds. The number of hydrogen-bond acceptors (Lipinski definition) is 8. The minimum absolute atomic E-state index is 0.212. The van der Waals surface area contributed by atoms with E-state index in [1.807, 2.05) is 42.5 Å². The van der Waals surface area contributed by atoms with Crippen LogP contribution in [0.5, 0.6) is 23.0 Å². The molecule has 42 heavy (non-hydrogen) atoms. The minimum Gasteiger partial charge on any atom is -0.508 e. The monoisotopic (exact) mass is 628 g/mol. The molecule has 4 aromatic carbocycles. The molecule has 8 nitrogen and oxygen atoms in total. The van der Waals surface area contributed by atoms with Crippen LogP contribution < -0.4 is 9.47 Å². The van der Waals surface area contributed by atoms with E-state index in [1.165, 1.54) is 12.8 Å². The molecule has 1 saturated carbocycles. The molecule has 0 radical (unpaired) electrons. The van der Waals surface area contributed by atoms with E-state index in [2.05, 4.69) is 25.9 Å². The van der Waals surface area contributed by atoms with Crippen molar-refractivity contribution < 1.29 is 28.5 Å². The van der Waals surface area contributed by atoms with Crippen LogP contribution in [-0.2, 0) is 0 Å². The largest absolute Gasteiger partial charge is 0.508 e. The Labute approximate surface area is 250 Å². The van der Waals surface area contributed by atoms with Gasteiger partial charge in [-0.2, -0.15) is 0 Å². The lowest BCUT2D eigenvalue weighted by atomic mass is 9.96. The molecular weight excluding hydrogens is 600 g/mol. The zero-order chi connectivity index (χ0) is 29.2. The van der Waals surface area contributed by atoms with Crippen LogP contribution in [0.1, 0.15) is 37.2 Å². The van der Waals surface area contributed by atoms with Crippen molar-refractivity contribution in [2.24, 2.45) is 0 Å². The smallest absolute Gasteiger partial charge is 0.227 e. The van der Waals surface area contributed by atoms with Gasteiger partial charge in [-0.05, 0) is 95.4 Å². The summed E-state index contributed by atoms with van der Waals surface area (Å²) >= 11 is 3.46. The molecule has 9 heteroatoms. The van der Waals surface area contributed by atoms with Gasteiger partial charge >= 0.3 is 0 Å². The second-order valence-electron chi connectivity index (χ2n) is 10.1. The summed E-state index contributed by atoms with van der Waals surface area (Å²) < 4.78 is 23.0. The summed E-state index contributed by atoms with van der Waals surface area (Å²) in [5.41, 5.74) is 5.68. The SMILES string of the molecule is COc1ccc(-c2nc3cc(OC)cc(Br)c3o2)cc1.Oc1ccc(-c2nc3cc(O)cc(C4CCCC4)c3o2)cc1. The molecule has 0 saturated heterocycles. The maximum absolute atomic E-state index is 9.97. The van der Waals surface area contributed by atoms with Gasteiger partial charge in [0.15, 0.2) is 11.2 Å². The summed E-state index contributed by atoms with van der Waals surface area (Å²) in [4.78, 5) is 8.99. The summed E-state index contributed by atoms with van der Waals surface area (Å²) in [6.07, 6.45) is 4.71. The Bertz CT molecular complexity index is 1840. The van der Waals surface area contributed by atoms with Gasteiger partial charge in [0.25, 0.3) is 0 Å². The predicted octanol–water partition coefficient (Wildman–Crippen LogP) is 8.84. The average Bonchev–Trinajstić information content (AvgIpc) is 3.78. The van der Waals surface area contributed by atoms with Crippen molar-refractivity contribution in [2.45, 2.75) is 31.6 Å². The van der Waals surface area contributed by atoms with Crippen molar-refractivity contribution in [2.75, 3.05) is 14.2 Å². The molecule has 2 aromatic heterocycles. The fourth-order valence-corrected chi connectivity index (χ4v) is 5.76. The van der Waals surface area contributed by atoms with Gasteiger partial charge < -0.3 is 28.5 Å². The van der Waals surface area contributed by atoms with Crippen LogP contribution in [0.15, 0.2) is 86.1 Å². The maximum atomic E-state index is 9.97. The summed E-state index contributed by atoms with van der Waals surface area (Å²) in [6.45, 7) is 0. The average molecular weight is 630 g/mol. The van der Waals surface area contributed by atoms with E-state index < -0.39 is 0 Å². The first-order chi connectivity index (χ1) is 20.4. The third kappa shape index (κ3) is 5.65. The predicted molar refractivity (Wildman–Crippen MR) is 164 cm³/mol. The van der Waals surface area contributed by atoms with E-state index in [9.17, 15) is 10.2 Å². The van der Waals surface area contributed by atoms with Crippen LogP contribution in [0.4, 0.5) is 0 Å². The summed E-state index contributed by atoms with van der Waals surface area (Å²) in [5, 5.41) is 19.4. The molecule has 1 aliphatic carbocycles. The molecule has 214 valence electrons. The zero-order valence-corrected chi connectivity index (χ0v) is 24.7. The molecule has 2 N–H and O–H groups in total. The van der Waals surface area contributed by atoms with Gasteiger partial charge in [-0.1, -0.05) is 12.8 Å². The van der Waals surface area contributed by atoms with Gasteiger partial charge in [-0.15, -0.1) is 0 Å². The third-order valence-electron chi connectivity index (χ3n) is 7.40. The number of phenolic OH excluding ortho intramolecular Hbond substituents is 2. The second-order valence-corrected chi connectivity index (χ2v) is 11.0. The molecule has 2 heterocycles. The maximum Gasteiger partial charge on any atom is 0.227 e. The highest BCUT2D eigenvalue weighted by molar-refractivity contribution is 9.10. The highest BCUT2D eigenvalue weighted by Crippen LogP contribution is 2.41. The number of aromatic hydroxyl groups is 2. The van der Waals surface area contributed by atoms with Gasteiger partial charge in [-0.3, -0.25) is 0 Å². The Morgan fingerprint density at radius 2 is 1.26 bits per heavy atom. The van der Waals surface area contributed by atoms with Crippen LogP contribution >= 0.6 is 15.9 Å². The van der Waals surface area contributed by atoms with E-state index in [4.69, 9.17) is 18.3 Å². The van der Waals surface area contributed by atoms with E-state index in [1.54, 1.807) is 44.6 Å². The van der Waals surface area contributed by atoms with E-state index >= 15 is 0 Å². The highest BCUT2D eigenvalue weighted by atomic mass is 79.9. The summed E-state index contributed by atoms with van der Waals surface area (Å²) in [5.74, 6) is 3.50. The third-order valence-corrected chi connectivity index (χ3v) is 7.99. The lowest BCUT2D eigenvalue weighted by Gasteiger charge is -2.09. The molecule has 0 unspecified atom stereocenters. The molecule has 7 rings (SSSR count). The van der Waals surface area contributed by atoms with Crippen LogP contribution in [0.3, 0.4) is 0 Å². The Kier molecular flexibility index (Phi) is 7.75. The van der Waals surface area contributed by atoms with Crippen LogP contribution in [0.25, 0.3) is 45.1 Å². The first kappa shape index (κ1) is 27.7. The van der Waals surface area contributed by atoms with Gasteiger partial charge in [0.05, 0.1) is 18.7 Å². The van der Waals surface area contributed by atoms with Crippen LogP contribution in [0.2, 0.25) is 0 Å². The van der Waals surface area contributed by atoms with Crippen molar-refractivity contribution in [1.29, 1.82) is 0 Å². The number of halogens is 1. The highest BCUT2D eigenvalue weighted by Gasteiger charge is 2.23. The van der Waals surface area contributed by atoms with Gasteiger partial charge in [0.1, 0.15) is 34.0 Å². The quantitative estimate of drug-likeness (QED) is 0.195. The molecule has 1 aliphatic rings. The van der Waals surface area contributed by atoms with Gasteiger partial charge in [-0.25, -0.2) is 9.97 Å². The minimum atomic E-state index is 0.212. The fraction of sp³-hybridized carbons (Fsp3) is 0.212. The molecule has 1 fully saturated rings. The van der Waals surface area contributed by atoms with Gasteiger partial charge in [0, 0.05) is 28.8 Å². The normalized spacial score (nSPS) is 13.3. The number of benzene rings is 4. The first-order valence-electron chi connectivity index (χ1n) is 13.6. The topological polar surface area (TPSA) is 111 Å². The van der Waals surface area contributed by atoms with Crippen molar-refractivity contribution in [1.82, 2.24) is 9.97 Å². The number of aromatic nitrogens is 2. The standard InChI is InChI=1S/C18H17NO3.C15H12BrNO3/c20-13-7-5-12(6-8-13)18-19-16-10-14(21)9-15(17(16)22-18)11-3-1-2-4-11;1-18-10-5-3-9(4-6-10)15-17-13-8-11(19-2)7-12(16)14(13)20-15/h5-11,20-21H,1-4H2;3-8H,1-2H3.